The summed E-state index contributed by atoms with van der Waals surface area (Å²) in [5.74, 6) is 0.973. The van der Waals surface area contributed by atoms with Crippen LogP contribution in [0.2, 0.25) is 0 Å². The summed E-state index contributed by atoms with van der Waals surface area (Å²) in [4.78, 5) is 4.75. The van der Waals surface area contributed by atoms with Crippen LogP contribution in [0.15, 0.2) is 23.2 Å². The highest BCUT2D eigenvalue weighted by atomic mass is 32.2. The predicted octanol–water partition coefficient (Wildman–Crippen LogP) is 3.36. The lowest BCUT2D eigenvalue weighted by Gasteiger charge is -2.35. The lowest BCUT2D eigenvalue weighted by atomic mass is 9.99. The zero-order valence-corrected chi connectivity index (χ0v) is 16.4. The quantitative estimate of drug-likeness (QED) is 0.532. The second-order valence-corrected chi connectivity index (χ2v) is 8.07. The van der Waals surface area contributed by atoms with Crippen LogP contribution < -0.4 is 10.6 Å². The van der Waals surface area contributed by atoms with Crippen LogP contribution >= 0.6 is 11.8 Å². The molecule has 7 heteroatoms. The van der Waals surface area contributed by atoms with Crippen molar-refractivity contribution >= 4 is 17.7 Å². The van der Waals surface area contributed by atoms with Crippen LogP contribution in [-0.2, 0) is 11.2 Å². The minimum Gasteiger partial charge on any atom is -0.381 e. The highest BCUT2D eigenvalue weighted by Gasteiger charge is 2.32. The number of ether oxygens (including phenoxy) is 1. The third kappa shape index (κ3) is 6.43. The van der Waals surface area contributed by atoms with Gasteiger partial charge in [0.1, 0.15) is 11.6 Å². The SMILES string of the molecule is CCNC(=NCC1(SCC)CCOCC1)NCCc1cc(F)ccc1F. The first-order valence-corrected chi connectivity index (χ1v) is 10.2. The Morgan fingerprint density at radius 1 is 1.23 bits per heavy atom. The maximum atomic E-state index is 13.7. The van der Waals surface area contributed by atoms with E-state index in [0.29, 0.717) is 24.5 Å². The average molecular weight is 386 g/mol. The van der Waals surface area contributed by atoms with Crippen molar-refractivity contribution < 1.29 is 13.5 Å². The van der Waals surface area contributed by atoms with Gasteiger partial charge in [-0.2, -0.15) is 11.8 Å². The van der Waals surface area contributed by atoms with Gasteiger partial charge >= 0.3 is 0 Å². The Kier molecular flexibility index (Phi) is 8.65. The molecule has 1 aromatic rings. The molecule has 0 aromatic heterocycles. The van der Waals surface area contributed by atoms with E-state index in [4.69, 9.17) is 9.73 Å². The molecule has 1 aliphatic rings. The van der Waals surface area contributed by atoms with E-state index in [9.17, 15) is 8.78 Å². The maximum absolute atomic E-state index is 13.7. The molecule has 1 heterocycles. The predicted molar refractivity (Wildman–Crippen MR) is 105 cm³/mol. The van der Waals surface area contributed by atoms with Gasteiger partial charge in [-0.05, 0) is 55.7 Å². The summed E-state index contributed by atoms with van der Waals surface area (Å²) in [5, 5.41) is 6.45. The molecule has 0 atom stereocenters. The van der Waals surface area contributed by atoms with Crippen molar-refractivity contribution in [2.75, 3.05) is 38.6 Å². The molecule has 1 aromatic carbocycles. The van der Waals surface area contributed by atoms with Crippen LogP contribution in [-0.4, -0.2) is 49.3 Å². The van der Waals surface area contributed by atoms with E-state index < -0.39 is 5.82 Å². The number of nitrogens with one attached hydrogen (secondary N) is 2. The van der Waals surface area contributed by atoms with Gasteiger partial charge in [0, 0.05) is 31.1 Å². The Bertz CT molecular complexity index is 587. The minimum atomic E-state index is -0.417. The molecular formula is C19H29F2N3OS. The first-order valence-electron chi connectivity index (χ1n) is 9.26. The van der Waals surface area contributed by atoms with E-state index in [1.165, 1.54) is 12.1 Å². The Morgan fingerprint density at radius 3 is 2.69 bits per heavy atom. The van der Waals surface area contributed by atoms with Crippen molar-refractivity contribution in [1.29, 1.82) is 0 Å². The van der Waals surface area contributed by atoms with Gasteiger partial charge in [-0.25, -0.2) is 8.78 Å². The number of rotatable bonds is 8. The second kappa shape index (κ2) is 10.7. The lowest BCUT2D eigenvalue weighted by Crippen LogP contribution is -2.41. The van der Waals surface area contributed by atoms with Crippen LogP contribution in [0.5, 0.6) is 0 Å². The molecule has 1 saturated heterocycles. The van der Waals surface area contributed by atoms with E-state index in [1.54, 1.807) is 0 Å². The van der Waals surface area contributed by atoms with Crippen LogP contribution in [0.25, 0.3) is 0 Å². The van der Waals surface area contributed by atoms with Crippen LogP contribution in [0.3, 0.4) is 0 Å². The summed E-state index contributed by atoms with van der Waals surface area (Å²) < 4.78 is 32.6. The van der Waals surface area contributed by atoms with Crippen LogP contribution in [0, 0.1) is 11.6 Å². The molecule has 0 spiro atoms. The van der Waals surface area contributed by atoms with Crippen LogP contribution in [0.4, 0.5) is 8.78 Å². The summed E-state index contributed by atoms with van der Waals surface area (Å²) in [6.45, 7) is 7.70. The zero-order valence-electron chi connectivity index (χ0n) is 15.6. The lowest BCUT2D eigenvalue weighted by molar-refractivity contribution is 0.0793. The van der Waals surface area contributed by atoms with Gasteiger partial charge in [0.25, 0.3) is 0 Å². The van der Waals surface area contributed by atoms with Crippen molar-refractivity contribution in [2.45, 2.75) is 37.9 Å². The number of nitrogens with zero attached hydrogens (tertiary/aromatic N) is 1. The molecule has 2 N–H and O–H groups in total. The smallest absolute Gasteiger partial charge is 0.191 e. The fourth-order valence-corrected chi connectivity index (χ4v) is 4.24. The van der Waals surface area contributed by atoms with Gasteiger partial charge in [-0.1, -0.05) is 6.92 Å². The average Bonchev–Trinajstić information content (AvgIpc) is 2.64. The molecule has 0 aliphatic carbocycles. The van der Waals surface area contributed by atoms with Gasteiger partial charge in [0.15, 0.2) is 5.96 Å². The highest BCUT2D eigenvalue weighted by molar-refractivity contribution is 8.00. The van der Waals surface area contributed by atoms with Gasteiger partial charge in [-0.15, -0.1) is 0 Å². The molecular weight excluding hydrogens is 356 g/mol. The molecule has 0 unspecified atom stereocenters. The van der Waals surface area contributed by atoms with E-state index >= 15 is 0 Å². The molecule has 1 aliphatic heterocycles. The summed E-state index contributed by atoms with van der Waals surface area (Å²) in [5.41, 5.74) is 0.371. The number of hydrogen-bond donors (Lipinski definition) is 2. The highest BCUT2D eigenvalue weighted by Crippen LogP contribution is 2.35. The zero-order chi connectivity index (χ0) is 18.8. The monoisotopic (exact) mass is 385 g/mol. The summed E-state index contributed by atoms with van der Waals surface area (Å²) in [6, 6.07) is 3.55. The summed E-state index contributed by atoms with van der Waals surface area (Å²) in [7, 11) is 0. The first kappa shape index (κ1) is 21.0. The number of guanidine groups is 1. The number of benzene rings is 1. The summed E-state index contributed by atoms with van der Waals surface area (Å²) in [6.07, 6.45) is 2.41. The molecule has 2 rings (SSSR count). The number of thioether (sulfide) groups is 1. The van der Waals surface area contributed by atoms with E-state index in [1.807, 2.05) is 18.7 Å². The van der Waals surface area contributed by atoms with Crippen molar-refractivity contribution in [1.82, 2.24) is 10.6 Å². The first-order chi connectivity index (χ1) is 12.6. The topological polar surface area (TPSA) is 45.7 Å². The fourth-order valence-electron chi connectivity index (χ4n) is 3.01. The van der Waals surface area contributed by atoms with Crippen molar-refractivity contribution in [3.63, 3.8) is 0 Å². The molecule has 0 amide bonds. The van der Waals surface area contributed by atoms with Crippen LogP contribution in [0.1, 0.15) is 32.3 Å². The number of hydrogen-bond acceptors (Lipinski definition) is 3. The number of halogens is 2. The van der Waals surface area contributed by atoms with Gasteiger partial charge in [0.2, 0.25) is 0 Å². The Balaban J connectivity index is 1.94. The van der Waals surface area contributed by atoms with E-state index in [0.717, 1.165) is 51.0 Å². The fraction of sp³-hybridized carbons (Fsp3) is 0.632. The van der Waals surface area contributed by atoms with E-state index in [-0.39, 0.29) is 10.6 Å². The Morgan fingerprint density at radius 2 is 2.00 bits per heavy atom. The Hall–Kier alpha value is -1.34. The molecule has 0 saturated carbocycles. The third-order valence-corrected chi connectivity index (χ3v) is 5.86. The molecule has 26 heavy (non-hydrogen) atoms. The van der Waals surface area contributed by atoms with Crippen molar-refractivity contribution in [3.05, 3.63) is 35.4 Å². The van der Waals surface area contributed by atoms with Gasteiger partial charge in [-0.3, -0.25) is 4.99 Å². The van der Waals surface area contributed by atoms with Crippen molar-refractivity contribution in [3.8, 4) is 0 Å². The number of aliphatic imine (C=N–C) groups is 1. The molecule has 0 bridgehead atoms. The second-order valence-electron chi connectivity index (χ2n) is 6.34. The summed E-state index contributed by atoms with van der Waals surface area (Å²) >= 11 is 1.95. The molecule has 146 valence electrons. The molecule has 1 fully saturated rings. The Labute approximate surface area is 159 Å². The molecule has 0 radical (unpaired) electrons. The minimum absolute atomic E-state index is 0.129. The van der Waals surface area contributed by atoms with Gasteiger partial charge < -0.3 is 15.4 Å². The van der Waals surface area contributed by atoms with E-state index in [2.05, 4.69) is 17.6 Å². The standard InChI is InChI=1S/C19H29F2N3OS/c1-3-22-18(23-10-7-15-13-16(20)5-6-17(15)21)24-14-19(26-4-2)8-11-25-12-9-19/h5-6,13H,3-4,7-12,14H2,1-2H3,(H2,22,23,24). The third-order valence-electron chi connectivity index (χ3n) is 4.42. The van der Waals surface area contributed by atoms with Gasteiger partial charge in [0.05, 0.1) is 6.54 Å². The largest absolute Gasteiger partial charge is 0.381 e. The maximum Gasteiger partial charge on any atom is 0.191 e. The van der Waals surface area contributed by atoms with Crippen molar-refractivity contribution in [2.24, 2.45) is 4.99 Å². The molecule has 4 nitrogen and oxygen atoms in total. The normalized spacial score (nSPS) is 17.2.